The van der Waals surface area contributed by atoms with Crippen molar-refractivity contribution in [3.63, 3.8) is 0 Å². The van der Waals surface area contributed by atoms with E-state index in [1.807, 2.05) is 0 Å². The van der Waals surface area contributed by atoms with E-state index in [1.165, 1.54) is 6.92 Å². The molecule has 0 radical (unpaired) electrons. The second-order valence-corrected chi connectivity index (χ2v) is 14.2. The molecule has 0 saturated heterocycles. The van der Waals surface area contributed by atoms with E-state index in [1.54, 1.807) is 13.8 Å². The minimum atomic E-state index is -1.61. The van der Waals surface area contributed by atoms with Gasteiger partial charge in [-0.3, -0.25) is 38.9 Å². The molecule has 5 amide bonds. The number of guanidine groups is 3. The Bertz CT molecular complexity index is 1400. The molecule has 0 saturated carbocycles. The molecule has 0 aliphatic rings. The number of unbranched alkanes of at least 4 members (excludes halogenated alkanes) is 1. The number of carbonyl (C=O) groups excluding carboxylic acids is 5. The number of aliphatic hydroxyl groups is 1. The molecule has 0 aromatic rings. The molecule has 0 rings (SSSR count). The molecule has 0 aromatic heterocycles. The summed E-state index contributed by atoms with van der Waals surface area (Å²) in [6.45, 7) is 5.53. The number of rotatable bonds is 30. The number of amides is 5. The van der Waals surface area contributed by atoms with E-state index in [0.29, 0.717) is 25.8 Å². The molecular weight excluding hydrogens is 760 g/mol. The molecule has 0 unspecified atom stereocenters. The Hall–Kier alpha value is -5.49. The summed E-state index contributed by atoms with van der Waals surface area (Å²) >= 11 is 0. The minimum absolute atomic E-state index is 0.0298. The number of hydrogen-bond acceptors (Lipinski definition) is 12. The minimum Gasteiger partial charge on any atom is -0.480 e. The van der Waals surface area contributed by atoms with Crippen molar-refractivity contribution in [2.24, 2.45) is 66.8 Å². The smallest absolute Gasteiger partial charge is 0.326 e. The van der Waals surface area contributed by atoms with Gasteiger partial charge in [-0.15, -0.1) is 0 Å². The number of carbonyl (C=O) groups is 6. The van der Waals surface area contributed by atoms with Crippen LogP contribution in [0.25, 0.3) is 0 Å². The molecule has 0 bridgehead atoms. The Labute approximate surface area is 338 Å². The van der Waals surface area contributed by atoms with Crippen molar-refractivity contribution < 1.29 is 39.0 Å². The van der Waals surface area contributed by atoms with Crippen LogP contribution < -0.4 is 72.5 Å². The fourth-order valence-electron chi connectivity index (χ4n) is 5.39. The first kappa shape index (κ1) is 52.5. The predicted octanol–water partition coefficient (Wildman–Crippen LogP) is -5.46. The lowest BCUT2D eigenvalue weighted by Gasteiger charge is -2.28. The maximum Gasteiger partial charge on any atom is 0.326 e. The van der Waals surface area contributed by atoms with E-state index in [9.17, 15) is 39.0 Å². The lowest BCUT2D eigenvalue weighted by molar-refractivity contribution is -0.142. The van der Waals surface area contributed by atoms with Crippen molar-refractivity contribution in [2.45, 2.75) is 127 Å². The summed E-state index contributed by atoms with van der Waals surface area (Å²) in [5.74, 6) is -6.11. The van der Waals surface area contributed by atoms with Gasteiger partial charge in [0.15, 0.2) is 17.9 Å². The Morgan fingerprint density at radius 2 is 0.931 bits per heavy atom. The average molecular weight is 829 g/mol. The summed E-state index contributed by atoms with van der Waals surface area (Å²) < 4.78 is 0. The van der Waals surface area contributed by atoms with Gasteiger partial charge in [-0.2, -0.15) is 0 Å². The fourth-order valence-corrected chi connectivity index (χ4v) is 5.39. The van der Waals surface area contributed by atoms with E-state index < -0.39 is 77.9 Å². The predicted molar refractivity (Wildman–Crippen MR) is 219 cm³/mol. The number of aliphatic hydroxyl groups excluding tert-OH is 1. The maximum absolute atomic E-state index is 13.8. The quantitative estimate of drug-likeness (QED) is 0.0182. The van der Waals surface area contributed by atoms with Crippen LogP contribution in [0.3, 0.4) is 0 Å². The lowest BCUT2D eigenvalue weighted by Crippen LogP contribution is -2.61. The number of nitrogens with two attached hydrogens (primary N) is 8. The first-order valence-corrected chi connectivity index (χ1v) is 19.2. The van der Waals surface area contributed by atoms with Crippen molar-refractivity contribution in [2.75, 3.05) is 26.2 Å². The summed E-state index contributed by atoms with van der Waals surface area (Å²) in [5, 5.41) is 33.0. The summed E-state index contributed by atoms with van der Waals surface area (Å²) in [5.41, 5.74) is 43.8. The molecule has 7 atom stereocenters. The van der Waals surface area contributed by atoms with Crippen LogP contribution in [0.5, 0.6) is 0 Å². The van der Waals surface area contributed by atoms with Gasteiger partial charge in [0.05, 0.1) is 12.1 Å². The molecule has 0 heterocycles. The van der Waals surface area contributed by atoms with Gasteiger partial charge < -0.3 is 82.7 Å². The normalized spacial score (nSPS) is 14.5. The topological polar surface area (TPSA) is 448 Å². The van der Waals surface area contributed by atoms with Gasteiger partial charge >= 0.3 is 5.97 Å². The van der Waals surface area contributed by atoms with Crippen molar-refractivity contribution >= 4 is 53.4 Å². The second kappa shape index (κ2) is 28.8. The molecule has 0 aliphatic carbocycles. The van der Waals surface area contributed by atoms with Crippen LogP contribution in [0, 0.1) is 5.92 Å². The zero-order valence-electron chi connectivity index (χ0n) is 33.8. The number of nitrogens with zero attached hydrogens (tertiary/aromatic N) is 3. The van der Waals surface area contributed by atoms with Crippen LogP contribution in [0.15, 0.2) is 15.0 Å². The van der Waals surface area contributed by atoms with E-state index in [-0.39, 0.29) is 88.4 Å². The molecule has 24 heteroatoms. The van der Waals surface area contributed by atoms with Gasteiger partial charge in [-0.1, -0.05) is 20.3 Å². The Kier molecular flexibility index (Phi) is 26.1. The third kappa shape index (κ3) is 23.5. The van der Waals surface area contributed by atoms with Gasteiger partial charge in [0.25, 0.3) is 0 Å². The maximum atomic E-state index is 13.8. The van der Waals surface area contributed by atoms with Gasteiger partial charge in [0, 0.05) is 19.6 Å². The molecule has 24 nitrogen and oxygen atoms in total. The summed E-state index contributed by atoms with van der Waals surface area (Å²) in [7, 11) is 0. The number of aliphatic imine (C=N–C) groups is 3. The number of carboxylic acid groups (broad SMARTS) is 1. The zero-order valence-corrected chi connectivity index (χ0v) is 33.8. The van der Waals surface area contributed by atoms with Crippen LogP contribution in [-0.2, 0) is 28.8 Å². The Morgan fingerprint density at radius 1 is 0.534 bits per heavy atom. The lowest BCUT2D eigenvalue weighted by atomic mass is 10.0. The monoisotopic (exact) mass is 829 g/mol. The standard InChI is InChI=1S/C34H68N16O8/c1-18(2)17-24(29(55)47-21(10-6-14-43-32(37)38)27(53)48-23(31(57)58)12-8-16-45-34(41)42)49-30(56)25(19(3)51)50-28(54)22(11-7-15-44-33(39)40)46-26(52)20(36)9-4-5-13-35/h18-25,51H,4-17,35-36H2,1-3H3,(H,46,52)(H,47,55)(H,48,53)(H,49,56)(H,50,54)(H,57,58)(H4,37,38,43)(H4,39,40,44)(H4,41,42,45)/t19-,20+,21+,22-,23-,24-,25+/m0/s1. The van der Waals surface area contributed by atoms with E-state index >= 15 is 0 Å². The fraction of sp³-hybridized carbons (Fsp3) is 0.735. The molecule has 0 fully saturated rings. The van der Waals surface area contributed by atoms with E-state index in [2.05, 4.69) is 41.6 Å². The van der Waals surface area contributed by atoms with E-state index in [4.69, 9.17) is 45.9 Å². The number of nitrogens with one attached hydrogen (secondary N) is 5. The molecular formula is C34H68N16O8. The Morgan fingerprint density at radius 3 is 1.34 bits per heavy atom. The van der Waals surface area contributed by atoms with Gasteiger partial charge in [-0.05, 0) is 77.2 Å². The molecule has 332 valence electrons. The second-order valence-electron chi connectivity index (χ2n) is 14.2. The SMILES string of the molecule is CC(C)C[C@H](NC(=O)[C@H](NC(=O)[C@H](CCCN=C(N)N)NC(=O)[C@H](N)CCCCN)[C@H](C)O)C(=O)N[C@H](CCCN=C(N)N)C(=O)N[C@@H](CCCN=C(N)N)C(=O)O. The van der Waals surface area contributed by atoms with Gasteiger partial charge in [0.2, 0.25) is 29.5 Å². The van der Waals surface area contributed by atoms with Crippen LogP contribution >= 0.6 is 0 Å². The van der Waals surface area contributed by atoms with Crippen molar-refractivity contribution in [3.8, 4) is 0 Å². The highest BCUT2D eigenvalue weighted by Crippen LogP contribution is 2.10. The van der Waals surface area contributed by atoms with Crippen LogP contribution in [-0.4, -0.2) is 132 Å². The van der Waals surface area contributed by atoms with E-state index in [0.717, 1.165) is 0 Å². The van der Waals surface area contributed by atoms with Crippen LogP contribution in [0.1, 0.15) is 85.0 Å². The van der Waals surface area contributed by atoms with Crippen LogP contribution in [0.4, 0.5) is 0 Å². The molecule has 58 heavy (non-hydrogen) atoms. The van der Waals surface area contributed by atoms with Gasteiger partial charge in [-0.25, -0.2) is 4.79 Å². The highest BCUT2D eigenvalue weighted by molar-refractivity contribution is 5.96. The number of carboxylic acids is 1. The average Bonchev–Trinajstić information content (AvgIpc) is 3.12. The first-order chi connectivity index (χ1) is 27.2. The highest BCUT2D eigenvalue weighted by Gasteiger charge is 2.34. The summed E-state index contributed by atoms with van der Waals surface area (Å²) in [6, 6.07) is -7.73. The first-order valence-electron chi connectivity index (χ1n) is 19.2. The number of hydrogen-bond donors (Lipinski definition) is 15. The Balaban J connectivity index is 6.25. The number of aliphatic carboxylic acids is 1. The largest absolute Gasteiger partial charge is 0.480 e. The molecule has 0 aliphatic heterocycles. The summed E-state index contributed by atoms with van der Waals surface area (Å²) in [4.78, 5) is 91.0. The zero-order chi connectivity index (χ0) is 44.4. The third-order valence-electron chi connectivity index (χ3n) is 8.43. The molecule has 0 aromatic carbocycles. The van der Waals surface area contributed by atoms with Crippen molar-refractivity contribution in [1.82, 2.24) is 26.6 Å². The summed E-state index contributed by atoms with van der Waals surface area (Å²) in [6.07, 6.45) is 0.709. The van der Waals surface area contributed by atoms with Gasteiger partial charge in [0.1, 0.15) is 30.2 Å². The van der Waals surface area contributed by atoms with Crippen molar-refractivity contribution in [1.29, 1.82) is 0 Å². The van der Waals surface area contributed by atoms with Crippen LogP contribution in [0.2, 0.25) is 0 Å². The highest BCUT2D eigenvalue weighted by atomic mass is 16.4. The van der Waals surface area contributed by atoms with Crippen molar-refractivity contribution in [3.05, 3.63) is 0 Å². The third-order valence-corrected chi connectivity index (χ3v) is 8.43. The molecule has 0 spiro atoms. The molecule has 23 N–H and O–H groups in total.